The molecular formula is C13H20BrNO. The molecule has 0 aliphatic carbocycles. The normalized spacial score (nSPS) is 10.4. The first-order chi connectivity index (χ1) is 7.79. The van der Waals surface area contributed by atoms with Gasteiger partial charge in [0.15, 0.2) is 0 Å². The number of para-hydroxylation sites is 1. The molecule has 2 nitrogen and oxygen atoms in total. The van der Waals surface area contributed by atoms with Gasteiger partial charge in [-0.3, -0.25) is 0 Å². The highest BCUT2D eigenvalue weighted by atomic mass is 79.9. The van der Waals surface area contributed by atoms with Crippen LogP contribution < -0.4 is 10.5 Å². The summed E-state index contributed by atoms with van der Waals surface area (Å²) >= 11 is 3.49. The molecule has 0 spiro atoms. The fraction of sp³-hybridized carbons (Fsp3) is 0.538. The van der Waals surface area contributed by atoms with E-state index in [1.807, 2.05) is 18.2 Å². The molecule has 2 N–H and O–H groups in total. The third-order valence-corrected chi connectivity index (χ3v) is 3.14. The van der Waals surface area contributed by atoms with E-state index >= 15 is 0 Å². The predicted octanol–water partition coefficient (Wildman–Crippen LogP) is 3.87. The minimum Gasteiger partial charge on any atom is -0.492 e. The van der Waals surface area contributed by atoms with Crippen LogP contribution in [0.4, 0.5) is 0 Å². The fourth-order valence-corrected chi connectivity index (χ4v) is 2.10. The Bertz CT molecular complexity index is 315. The van der Waals surface area contributed by atoms with Gasteiger partial charge in [0.1, 0.15) is 5.75 Å². The Labute approximate surface area is 106 Å². The first kappa shape index (κ1) is 13.5. The summed E-state index contributed by atoms with van der Waals surface area (Å²) in [6, 6.07) is 5.98. The van der Waals surface area contributed by atoms with Gasteiger partial charge in [-0.1, -0.05) is 38.3 Å². The van der Waals surface area contributed by atoms with Gasteiger partial charge in [-0.15, -0.1) is 0 Å². The van der Waals surface area contributed by atoms with Crippen molar-refractivity contribution in [3.05, 3.63) is 28.2 Å². The number of benzene rings is 1. The molecule has 0 unspecified atom stereocenters. The summed E-state index contributed by atoms with van der Waals surface area (Å²) in [4.78, 5) is 0. The molecule has 0 aliphatic heterocycles. The van der Waals surface area contributed by atoms with Crippen LogP contribution in [0.25, 0.3) is 0 Å². The van der Waals surface area contributed by atoms with Gasteiger partial charge in [-0.2, -0.15) is 0 Å². The molecule has 3 heteroatoms. The van der Waals surface area contributed by atoms with Gasteiger partial charge in [-0.25, -0.2) is 0 Å². The van der Waals surface area contributed by atoms with Gasteiger partial charge < -0.3 is 10.5 Å². The number of ether oxygens (including phenoxy) is 1. The second-order valence-corrected chi connectivity index (χ2v) is 4.70. The molecule has 0 amide bonds. The zero-order valence-electron chi connectivity index (χ0n) is 9.84. The van der Waals surface area contributed by atoms with Crippen molar-refractivity contribution < 1.29 is 4.74 Å². The monoisotopic (exact) mass is 285 g/mol. The lowest BCUT2D eigenvalue weighted by Crippen LogP contribution is -2.04. The lowest BCUT2D eigenvalue weighted by atomic mass is 10.2. The summed E-state index contributed by atoms with van der Waals surface area (Å²) < 4.78 is 6.77. The van der Waals surface area contributed by atoms with Gasteiger partial charge in [-0.05, 0) is 28.4 Å². The Morgan fingerprint density at radius 1 is 1.25 bits per heavy atom. The van der Waals surface area contributed by atoms with Gasteiger partial charge in [0.2, 0.25) is 0 Å². The lowest BCUT2D eigenvalue weighted by Gasteiger charge is -2.12. The van der Waals surface area contributed by atoms with Crippen molar-refractivity contribution in [2.24, 2.45) is 5.73 Å². The maximum atomic E-state index is 5.78. The number of unbranched alkanes of at least 4 members (excludes halogenated alkanes) is 3. The van der Waals surface area contributed by atoms with Crippen molar-refractivity contribution in [2.45, 2.75) is 39.2 Å². The molecule has 0 bridgehead atoms. The minimum absolute atomic E-state index is 0.518. The van der Waals surface area contributed by atoms with E-state index in [0.29, 0.717) is 6.54 Å². The van der Waals surface area contributed by atoms with Crippen LogP contribution in [0, 0.1) is 0 Å². The Hall–Kier alpha value is -0.540. The van der Waals surface area contributed by atoms with Crippen molar-refractivity contribution >= 4 is 15.9 Å². The Morgan fingerprint density at radius 3 is 2.75 bits per heavy atom. The number of halogens is 1. The highest BCUT2D eigenvalue weighted by molar-refractivity contribution is 9.10. The maximum Gasteiger partial charge on any atom is 0.137 e. The van der Waals surface area contributed by atoms with Crippen LogP contribution >= 0.6 is 15.9 Å². The van der Waals surface area contributed by atoms with Crippen LogP contribution in [0.2, 0.25) is 0 Å². The summed E-state index contributed by atoms with van der Waals surface area (Å²) in [6.07, 6.45) is 4.88. The topological polar surface area (TPSA) is 35.2 Å². The van der Waals surface area contributed by atoms with Crippen molar-refractivity contribution in [3.8, 4) is 5.75 Å². The molecule has 0 atom stereocenters. The molecule has 0 fully saturated rings. The second-order valence-electron chi connectivity index (χ2n) is 3.84. The molecule has 0 radical (unpaired) electrons. The van der Waals surface area contributed by atoms with E-state index in [-0.39, 0.29) is 0 Å². The molecule has 0 saturated heterocycles. The van der Waals surface area contributed by atoms with Gasteiger partial charge in [0, 0.05) is 12.1 Å². The standard InChI is InChI=1S/C13H20BrNO/c1-2-3-4-5-9-16-13-11(10-15)7-6-8-12(13)14/h6-8H,2-5,9-10,15H2,1H3. The number of hydrogen-bond acceptors (Lipinski definition) is 2. The lowest BCUT2D eigenvalue weighted by molar-refractivity contribution is 0.300. The summed E-state index contributed by atoms with van der Waals surface area (Å²) in [5.41, 5.74) is 6.73. The van der Waals surface area contributed by atoms with Crippen LogP contribution in [0.1, 0.15) is 38.2 Å². The summed E-state index contributed by atoms with van der Waals surface area (Å²) in [5.74, 6) is 0.904. The zero-order chi connectivity index (χ0) is 11.8. The van der Waals surface area contributed by atoms with E-state index in [0.717, 1.165) is 28.8 Å². The average molecular weight is 286 g/mol. The molecule has 1 rings (SSSR count). The van der Waals surface area contributed by atoms with E-state index in [1.54, 1.807) is 0 Å². The molecule has 0 saturated carbocycles. The van der Waals surface area contributed by atoms with Gasteiger partial charge in [0.05, 0.1) is 11.1 Å². The molecule has 1 aromatic rings. The minimum atomic E-state index is 0.518. The van der Waals surface area contributed by atoms with E-state index in [9.17, 15) is 0 Å². The Balaban J connectivity index is 2.46. The SMILES string of the molecule is CCCCCCOc1c(Br)cccc1CN. The quantitative estimate of drug-likeness (QED) is 0.772. The molecule has 16 heavy (non-hydrogen) atoms. The molecule has 1 aromatic carbocycles. The smallest absolute Gasteiger partial charge is 0.137 e. The molecule has 0 aliphatic rings. The molecule has 90 valence electrons. The predicted molar refractivity (Wildman–Crippen MR) is 71.7 cm³/mol. The van der Waals surface area contributed by atoms with E-state index < -0.39 is 0 Å². The van der Waals surface area contributed by atoms with Crippen LogP contribution in [-0.4, -0.2) is 6.61 Å². The summed E-state index contributed by atoms with van der Waals surface area (Å²) in [5, 5.41) is 0. The second kappa shape index (κ2) is 7.69. The van der Waals surface area contributed by atoms with Crippen molar-refractivity contribution in [1.82, 2.24) is 0 Å². The van der Waals surface area contributed by atoms with Crippen LogP contribution in [0.15, 0.2) is 22.7 Å². The van der Waals surface area contributed by atoms with Gasteiger partial charge in [0.25, 0.3) is 0 Å². The van der Waals surface area contributed by atoms with E-state index in [4.69, 9.17) is 10.5 Å². The molecule has 0 aromatic heterocycles. The van der Waals surface area contributed by atoms with Crippen molar-refractivity contribution in [2.75, 3.05) is 6.61 Å². The first-order valence-corrected chi connectivity index (χ1v) is 6.69. The Kier molecular flexibility index (Phi) is 6.50. The number of nitrogens with two attached hydrogens (primary N) is 1. The highest BCUT2D eigenvalue weighted by Crippen LogP contribution is 2.28. The zero-order valence-corrected chi connectivity index (χ0v) is 11.4. The number of rotatable bonds is 7. The number of hydrogen-bond donors (Lipinski definition) is 1. The van der Waals surface area contributed by atoms with Crippen LogP contribution in [-0.2, 0) is 6.54 Å². The van der Waals surface area contributed by atoms with Crippen molar-refractivity contribution in [3.63, 3.8) is 0 Å². The Morgan fingerprint density at radius 2 is 2.06 bits per heavy atom. The highest BCUT2D eigenvalue weighted by Gasteiger charge is 2.06. The largest absolute Gasteiger partial charge is 0.492 e. The fourth-order valence-electron chi connectivity index (χ4n) is 1.58. The van der Waals surface area contributed by atoms with Crippen LogP contribution in [0.3, 0.4) is 0 Å². The molecule has 0 heterocycles. The molecular weight excluding hydrogens is 266 g/mol. The third kappa shape index (κ3) is 4.14. The van der Waals surface area contributed by atoms with E-state index in [1.165, 1.54) is 19.3 Å². The van der Waals surface area contributed by atoms with E-state index in [2.05, 4.69) is 22.9 Å². The average Bonchev–Trinajstić information content (AvgIpc) is 2.30. The van der Waals surface area contributed by atoms with Crippen LogP contribution in [0.5, 0.6) is 5.75 Å². The first-order valence-electron chi connectivity index (χ1n) is 5.89. The maximum absolute atomic E-state index is 5.78. The third-order valence-electron chi connectivity index (χ3n) is 2.51. The van der Waals surface area contributed by atoms with Gasteiger partial charge >= 0.3 is 0 Å². The van der Waals surface area contributed by atoms with Crippen molar-refractivity contribution in [1.29, 1.82) is 0 Å². The summed E-state index contributed by atoms with van der Waals surface area (Å²) in [6.45, 7) is 3.50. The summed E-state index contributed by atoms with van der Waals surface area (Å²) in [7, 11) is 0.